The van der Waals surface area contributed by atoms with Crippen molar-refractivity contribution in [1.82, 2.24) is 0 Å². The molecule has 3 saturated heterocycles. The van der Waals surface area contributed by atoms with Gasteiger partial charge in [-0.15, -0.1) is 0 Å². The molecule has 0 N–H and O–H groups in total. The third kappa shape index (κ3) is 3.39. The van der Waals surface area contributed by atoms with Gasteiger partial charge in [0, 0.05) is 6.42 Å². The first-order valence-corrected chi connectivity index (χ1v) is 6.03. The molecule has 3 heterocycles. The Balaban J connectivity index is 0.000000810. The number of rotatable bonds is 1. The summed E-state index contributed by atoms with van der Waals surface area (Å²) in [5.74, 6) is -0.508. The van der Waals surface area contributed by atoms with Crippen molar-refractivity contribution in [2.45, 2.75) is 69.6 Å². The summed E-state index contributed by atoms with van der Waals surface area (Å²) in [5.41, 5.74) is 0. The van der Waals surface area contributed by atoms with Gasteiger partial charge in [0.1, 0.15) is 6.10 Å². The van der Waals surface area contributed by atoms with Gasteiger partial charge in [-0.2, -0.15) is 0 Å². The van der Waals surface area contributed by atoms with E-state index in [9.17, 15) is 0 Å². The molecule has 5 atom stereocenters. The van der Waals surface area contributed by atoms with Gasteiger partial charge in [0.05, 0.1) is 18.3 Å². The fraction of sp³-hybridized carbons (Fsp3) is 0.917. The largest absolute Gasteiger partial charge is 1.00 e. The van der Waals surface area contributed by atoms with Gasteiger partial charge in [0.15, 0.2) is 12.1 Å². The fourth-order valence-corrected chi connectivity index (χ4v) is 2.78. The van der Waals surface area contributed by atoms with Crippen LogP contribution in [0.4, 0.5) is 0 Å². The second kappa shape index (κ2) is 6.23. The van der Waals surface area contributed by atoms with Crippen molar-refractivity contribution in [2.75, 3.05) is 0 Å². The minimum Gasteiger partial charge on any atom is -1.00 e. The first kappa shape index (κ1) is 17.1. The SMILES string of the molecule is [CH2][C@H]1CC[C@H]([C@@H]2C[C@H]3OC(C)(C)O[C@H]3O2)O1.[Cl-].[Hg+]. The third-order valence-electron chi connectivity index (χ3n) is 3.47. The van der Waals surface area contributed by atoms with E-state index in [0.29, 0.717) is 0 Å². The molecule has 4 nitrogen and oxygen atoms in total. The van der Waals surface area contributed by atoms with E-state index in [-0.39, 0.29) is 70.8 Å². The molecule has 0 saturated carbocycles. The summed E-state index contributed by atoms with van der Waals surface area (Å²) in [7, 11) is 0. The maximum absolute atomic E-state index is 5.85. The van der Waals surface area contributed by atoms with Crippen LogP contribution in [0.2, 0.25) is 0 Å². The first-order valence-electron chi connectivity index (χ1n) is 6.03. The summed E-state index contributed by atoms with van der Waals surface area (Å²) in [6.07, 6.45) is 3.16. The zero-order chi connectivity index (χ0) is 11.3. The summed E-state index contributed by atoms with van der Waals surface area (Å²) in [4.78, 5) is 0. The smallest absolute Gasteiger partial charge is 1.00 e. The standard InChI is InChI=1S/C12H19O4.ClH.Hg/c1-7-4-5-8(13-7)9-6-10-11(14-9)16-12(2,3)15-10;;/h7-11H,1,4-6H2,2-3H3;1H;/q;;+1/p-1/t7-,8+,9-,10+,11+;;/m0../s1. The molecule has 18 heavy (non-hydrogen) atoms. The van der Waals surface area contributed by atoms with E-state index in [0.717, 1.165) is 19.3 Å². The van der Waals surface area contributed by atoms with Crippen molar-refractivity contribution in [3.8, 4) is 0 Å². The van der Waals surface area contributed by atoms with Gasteiger partial charge in [-0.3, -0.25) is 0 Å². The molecule has 0 aromatic rings. The van der Waals surface area contributed by atoms with Crippen LogP contribution in [0.1, 0.15) is 33.1 Å². The zero-order valence-corrected chi connectivity index (χ0v) is 17.2. The van der Waals surface area contributed by atoms with Crippen LogP contribution < -0.4 is 12.4 Å². The molecule has 2 radical (unpaired) electrons. The number of hydrogen-bond acceptors (Lipinski definition) is 4. The van der Waals surface area contributed by atoms with Crippen LogP contribution in [0.25, 0.3) is 0 Å². The summed E-state index contributed by atoms with van der Waals surface area (Å²) < 4.78 is 23.0. The Kier molecular flexibility index (Phi) is 5.92. The molecule has 0 aliphatic carbocycles. The monoisotopic (exact) mass is 464 g/mol. The molecule has 0 amide bonds. The number of ether oxygens (including phenoxy) is 4. The van der Waals surface area contributed by atoms with Gasteiger partial charge < -0.3 is 31.4 Å². The molecule has 3 rings (SSSR count). The van der Waals surface area contributed by atoms with Crippen molar-refractivity contribution in [3.63, 3.8) is 0 Å². The maximum Gasteiger partial charge on any atom is 1.00 e. The average Bonchev–Trinajstić information content (AvgIpc) is 2.77. The topological polar surface area (TPSA) is 36.9 Å². The fourth-order valence-electron chi connectivity index (χ4n) is 2.78. The molecule has 0 aromatic carbocycles. The van der Waals surface area contributed by atoms with Gasteiger partial charge in [-0.25, -0.2) is 0 Å². The van der Waals surface area contributed by atoms with Crippen molar-refractivity contribution in [2.24, 2.45) is 0 Å². The van der Waals surface area contributed by atoms with E-state index in [2.05, 4.69) is 6.92 Å². The molecular formula is C12H19ClHgO4. The van der Waals surface area contributed by atoms with E-state index in [1.807, 2.05) is 13.8 Å². The molecule has 6 heteroatoms. The van der Waals surface area contributed by atoms with Crippen molar-refractivity contribution in [3.05, 3.63) is 6.92 Å². The predicted molar refractivity (Wildman–Crippen MR) is 56.6 cm³/mol. The van der Waals surface area contributed by atoms with Gasteiger partial charge in [0.2, 0.25) is 0 Å². The first-order chi connectivity index (χ1) is 7.53. The van der Waals surface area contributed by atoms with Crippen molar-refractivity contribution < 1.29 is 59.0 Å². The second-order valence-electron chi connectivity index (χ2n) is 5.33. The summed E-state index contributed by atoms with van der Waals surface area (Å²) in [5, 5.41) is 0. The van der Waals surface area contributed by atoms with E-state index >= 15 is 0 Å². The van der Waals surface area contributed by atoms with E-state index in [1.165, 1.54) is 0 Å². The molecule has 3 aliphatic rings. The van der Waals surface area contributed by atoms with Crippen LogP contribution in [0.3, 0.4) is 0 Å². The normalized spacial score (nSPS) is 45.2. The molecule has 0 unspecified atom stereocenters. The summed E-state index contributed by atoms with van der Waals surface area (Å²) in [6, 6.07) is 0. The summed E-state index contributed by atoms with van der Waals surface area (Å²) >= 11 is 0. The number of fused-ring (bicyclic) bond motifs is 1. The van der Waals surface area contributed by atoms with E-state index < -0.39 is 5.79 Å². The van der Waals surface area contributed by atoms with Crippen LogP contribution in [-0.4, -0.2) is 36.5 Å². The molecular weight excluding hydrogens is 444 g/mol. The van der Waals surface area contributed by atoms with Crippen molar-refractivity contribution in [1.29, 1.82) is 0 Å². The van der Waals surface area contributed by atoms with Gasteiger partial charge >= 0.3 is 27.7 Å². The Hall–Kier alpha value is 1.07. The van der Waals surface area contributed by atoms with Crippen LogP contribution >= 0.6 is 0 Å². The minimum absolute atomic E-state index is 0. The van der Waals surface area contributed by atoms with E-state index in [4.69, 9.17) is 18.9 Å². The van der Waals surface area contributed by atoms with Crippen LogP contribution in [0.15, 0.2) is 0 Å². The van der Waals surface area contributed by atoms with Crippen LogP contribution in [-0.2, 0) is 46.6 Å². The molecule has 3 aliphatic heterocycles. The zero-order valence-electron chi connectivity index (χ0n) is 10.9. The molecule has 3 fully saturated rings. The van der Waals surface area contributed by atoms with Gasteiger partial charge in [-0.1, -0.05) is 0 Å². The summed E-state index contributed by atoms with van der Waals surface area (Å²) in [6.45, 7) is 7.75. The Bertz CT molecular complexity index is 273. The molecule has 0 aromatic heterocycles. The Morgan fingerprint density at radius 3 is 2.28 bits per heavy atom. The Morgan fingerprint density at radius 2 is 1.72 bits per heavy atom. The van der Waals surface area contributed by atoms with Crippen molar-refractivity contribution >= 4 is 0 Å². The number of hydrogen-bond donors (Lipinski definition) is 0. The van der Waals surface area contributed by atoms with Gasteiger partial charge in [0.25, 0.3) is 0 Å². The minimum atomic E-state index is -0.508. The van der Waals surface area contributed by atoms with Crippen LogP contribution in [0, 0.1) is 6.92 Å². The molecule has 0 bridgehead atoms. The average molecular weight is 463 g/mol. The Labute approximate surface area is 135 Å². The van der Waals surface area contributed by atoms with Gasteiger partial charge in [-0.05, 0) is 33.6 Å². The van der Waals surface area contributed by atoms with Crippen LogP contribution in [0.5, 0.6) is 0 Å². The second-order valence-corrected chi connectivity index (χ2v) is 5.33. The predicted octanol–water partition coefficient (Wildman–Crippen LogP) is -1.36. The molecule has 0 spiro atoms. The third-order valence-corrected chi connectivity index (χ3v) is 3.47. The number of halogens is 1. The quantitative estimate of drug-likeness (QED) is 0.451. The molecule has 100 valence electrons. The Morgan fingerprint density at radius 1 is 1.00 bits per heavy atom. The van der Waals surface area contributed by atoms with E-state index in [1.54, 1.807) is 0 Å². The maximum atomic E-state index is 5.85.